The molecule has 0 aliphatic carbocycles. The average Bonchev–Trinajstić information content (AvgIpc) is 2.22. The van der Waals surface area contributed by atoms with Gasteiger partial charge in [-0.25, -0.2) is 0 Å². The van der Waals surface area contributed by atoms with E-state index in [9.17, 15) is 18.0 Å². The van der Waals surface area contributed by atoms with E-state index in [1.165, 1.54) is 6.92 Å². The van der Waals surface area contributed by atoms with E-state index >= 15 is 0 Å². The van der Waals surface area contributed by atoms with Crippen LogP contribution in [0, 0.1) is 5.92 Å². The number of rotatable bonds is 7. The summed E-state index contributed by atoms with van der Waals surface area (Å²) in [4.78, 5) is 11.2. The number of aliphatic hydroxyl groups is 1. The van der Waals surface area contributed by atoms with Crippen LogP contribution in [0.4, 0.5) is 13.2 Å². The van der Waals surface area contributed by atoms with E-state index in [2.05, 4.69) is 5.32 Å². The molecular weight excluding hydrogens is 237 g/mol. The third kappa shape index (κ3) is 8.93. The summed E-state index contributed by atoms with van der Waals surface area (Å²) < 4.78 is 35.5. The molecule has 0 aliphatic rings. The lowest BCUT2D eigenvalue weighted by Gasteiger charge is -2.17. The van der Waals surface area contributed by atoms with Crippen LogP contribution >= 0.6 is 0 Å². The molecule has 0 heterocycles. The molecule has 0 aromatic heterocycles. The monoisotopic (exact) mass is 256 g/mol. The first-order valence-corrected chi connectivity index (χ1v) is 5.45. The number of hydrogen-bond donors (Lipinski definition) is 3. The standard InChI is InChI=1S/C10H19F3N2O2/c1-7(3-4-16)5-14-8(2)9(17)15-6-10(11,12)13/h7-8,14,16H,3-6H2,1-2H3,(H,15,17). The molecule has 4 nitrogen and oxygen atoms in total. The van der Waals surface area contributed by atoms with Gasteiger partial charge in [-0.15, -0.1) is 0 Å². The van der Waals surface area contributed by atoms with E-state index in [0.717, 1.165) is 0 Å². The molecule has 1 amide bonds. The number of halogens is 3. The van der Waals surface area contributed by atoms with E-state index in [1.54, 1.807) is 5.32 Å². The average molecular weight is 256 g/mol. The zero-order valence-corrected chi connectivity index (χ0v) is 9.97. The minimum Gasteiger partial charge on any atom is -0.396 e. The molecule has 0 radical (unpaired) electrons. The van der Waals surface area contributed by atoms with Crippen LogP contribution in [-0.2, 0) is 4.79 Å². The first-order chi connectivity index (χ1) is 7.76. The Bertz CT molecular complexity index is 234. The highest BCUT2D eigenvalue weighted by Crippen LogP contribution is 2.12. The summed E-state index contributed by atoms with van der Waals surface area (Å²) in [5.74, 6) is -0.517. The van der Waals surface area contributed by atoms with Crippen LogP contribution in [0.15, 0.2) is 0 Å². The fraction of sp³-hybridized carbons (Fsp3) is 0.900. The van der Waals surface area contributed by atoms with Crippen LogP contribution in [0.3, 0.4) is 0 Å². The van der Waals surface area contributed by atoms with Gasteiger partial charge in [0.05, 0.1) is 6.04 Å². The molecular formula is C10H19F3N2O2. The lowest BCUT2D eigenvalue weighted by molar-refractivity contribution is -0.139. The second-order valence-electron chi connectivity index (χ2n) is 4.08. The highest BCUT2D eigenvalue weighted by molar-refractivity contribution is 5.81. The smallest absolute Gasteiger partial charge is 0.396 e. The van der Waals surface area contributed by atoms with E-state index in [1.807, 2.05) is 6.92 Å². The Labute approximate surface area is 98.6 Å². The number of hydrogen-bond acceptors (Lipinski definition) is 3. The topological polar surface area (TPSA) is 61.4 Å². The van der Waals surface area contributed by atoms with Gasteiger partial charge in [-0.05, 0) is 25.8 Å². The number of carbonyl (C=O) groups is 1. The van der Waals surface area contributed by atoms with E-state index in [0.29, 0.717) is 13.0 Å². The quantitative estimate of drug-likeness (QED) is 0.627. The summed E-state index contributed by atoms with van der Waals surface area (Å²) in [6.45, 7) is 2.59. The Kier molecular flexibility index (Phi) is 7.13. The van der Waals surface area contributed by atoms with Crippen LogP contribution in [0.2, 0.25) is 0 Å². The molecule has 102 valence electrons. The molecule has 0 rings (SSSR count). The maximum absolute atomic E-state index is 11.8. The largest absolute Gasteiger partial charge is 0.405 e. The summed E-state index contributed by atoms with van der Waals surface area (Å²) in [5, 5.41) is 13.3. The van der Waals surface area contributed by atoms with Crippen molar-refractivity contribution in [3.8, 4) is 0 Å². The van der Waals surface area contributed by atoms with Crippen LogP contribution in [0.1, 0.15) is 20.3 Å². The normalized spacial score (nSPS) is 15.4. The maximum Gasteiger partial charge on any atom is 0.405 e. The predicted molar refractivity (Wildman–Crippen MR) is 57.4 cm³/mol. The van der Waals surface area contributed by atoms with Gasteiger partial charge in [0.15, 0.2) is 0 Å². The fourth-order valence-corrected chi connectivity index (χ4v) is 1.13. The summed E-state index contributed by atoms with van der Waals surface area (Å²) in [7, 11) is 0. The van der Waals surface area contributed by atoms with Crippen molar-refractivity contribution >= 4 is 5.91 Å². The Morgan fingerprint density at radius 3 is 2.41 bits per heavy atom. The Balaban J connectivity index is 3.82. The van der Waals surface area contributed by atoms with Gasteiger partial charge in [-0.1, -0.05) is 6.92 Å². The SMILES string of the molecule is CC(CCO)CNC(C)C(=O)NCC(F)(F)F. The second-order valence-corrected chi connectivity index (χ2v) is 4.08. The predicted octanol–water partition coefficient (Wildman–Crippen LogP) is 0.661. The Morgan fingerprint density at radius 2 is 1.94 bits per heavy atom. The summed E-state index contributed by atoms with van der Waals surface area (Å²) >= 11 is 0. The van der Waals surface area contributed by atoms with E-state index < -0.39 is 24.7 Å². The Morgan fingerprint density at radius 1 is 1.35 bits per heavy atom. The molecule has 0 fully saturated rings. The lowest BCUT2D eigenvalue weighted by atomic mass is 10.1. The fourth-order valence-electron chi connectivity index (χ4n) is 1.13. The molecule has 0 spiro atoms. The van der Waals surface area contributed by atoms with E-state index in [4.69, 9.17) is 5.11 Å². The molecule has 0 aromatic carbocycles. The second kappa shape index (κ2) is 7.50. The summed E-state index contributed by atoms with van der Waals surface area (Å²) in [6, 6.07) is -0.682. The Hall–Kier alpha value is -0.820. The van der Waals surface area contributed by atoms with Crippen molar-refractivity contribution < 1.29 is 23.1 Å². The van der Waals surface area contributed by atoms with Crippen molar-refractivity contribution in [1.29, 1.82) is 0 Å². The molecule has 0 saturated carbocycles. The van der Waals surface area contributed by atoms with Crippen LogP contribution in [0.5, 0.6) is 0 Å². The van der Waals surface area contributed by atoms with Crippen LogP contribution < -0.4 is 10.6 Å². The number of nitrogens with one attached hydrogen (secondary N) is 2. The molecule has 2 unspecified atom stereocenters. The number of carbonyl (C=O) groups excluding carboxylic acids is 1. The van der Waals surface area contributed by atoms with Crippen molar-refractivity contribution in [3.05, 3.63) is 0 Å². The van der Waals surface area contributed by atoms with Gasteiger partial charge in [-0.2, -0.15) is 13.2 Å². The molecule has 3 N–H and O–H groups in total. The van der Waals surface area contributed by atoms with Crippen molar-refractivity contribution in [2.75, 3.05) is 19.7 Å². The van der Waals surface area contributed by atoms with E-state index in [-0.39, 0.29) is 12.5 Å². The molecule has 2 atom stereocenters. The highest BCUT2D eigenvalue weighted by atomic mass is 19.4. The summed E-state index contributed by atoms with van der Waals surface area (Å²) in [5.41, 5.74) is 0. The van der Waals surface area contributed by atoms with Crippen molar-refractivity contribution in [1.82, 2.24) is 10.6 Å². The third-order valence-electron chi connectivity index (χ3n) is 2.25. The summed E-state index contributed by atoms with van der Waals surface area (Å²) in [6.07, 6.45) is -3.80. The van der Waals surface area contributed by atoms with Gasteiger partial charge >= 0.3 is 6.18 Å². The van der Waals surface area contributed by atoms with Crippen LogP contribution in [-0.4, -0.2) is 42.9 Å². The third-order valence-corrected chi connectivity index (χ3v) is 2.25. The minimum atomic E-state index is -4.39. The number of alkyl halides is 3. The highest BCUT2D eigenvalue weighted by Gasteiger charge is 2.28. The van der Waals surface area contributed by atoms with Crippen molar-refractivity contribution in [2.24, 2.45) is 5.92 Å². The zero-order chi connectivity index (χ0) is 13.5. The molecule has 0 bridgehead atoms. The van der Waals surface area contributed by atoms with Gasteiger partial charge in [-0.3, -0.25) is 4.79 Å². The van der Waals surface area contributed by atoms with Gasteiger partial charge in [0.2, 0.25) is 5.91 Å². The lowest BCUT2D eigenvalue weighted by Crippen LogP contribution is -2.46. The van der Waals surface area contributed by atoms with Gasteiger partial charge in [0, 0.05) is 6.61 Å². The maximum atomic E-state index is 11.8. The first-order valence-electron chi connectivity index (χ1n) is 5.45. The molecule has 0 saturated heterocycles. The van der Waals surface area contributed by atoms with Gasteiger partial charge in [0.25, 0.3) is 0 Å². The number of aliphatic hydroxyl groups excluding tert-OH is 1. The van der Waals surface area contributed by atoms with Crippen LogP contribution in [0.25, 0.3) is 0 Å². The first kappa shape index (κ1) is 16.2. The zero-order valence-electron chi connectivity index (χ0n) is 9.97. The molecule has 0 aromatic rings. The molecule has 0 aliphatic heterocycles. The van der Waals surface area contributed by atoms with Gasteiger partial charge in [0.1, 0.15) is 6.54 Å². The van der Waals surface area contributed by atoms with Crippen molar-refractivity contribution in [3.63, 3.8) is 0 Å². The molecule has 17 heavy (non-hydrogen) atoms. The molecule has 7 heteroatoms. The van der Waals surface area contributed by atoms with Gasteiger partial charge < -0.3 is 15.7 Å². The minimum absolute atomic E-state index is 0.0531. The van der Waals surface area contributed by atoms with Crippen molar-refractivity contribution in [2.45, 2.75) is 32.5 Å². The number of amides is 1.